The zero-order chi connectivity index (χ0) is 24.4. The normalized spacial score (nSPS) is 18.6. The van der Waals surface area contributed by atoms with Crippen molar-refractivity contribution in [3.05, 3.63) is 47.5 Å². The SMILES string of the molecule is COc1cc2c(Nc3cccc(Cl)c3F)ncnc2cc1OC1CCN(C(=O)[C@H]2CCCO2)CC1. The molecule has 10 heteroatoms. The van der Waals surface area contributed by atoms with Gasteiger partial charge < -0.3 is 24.4 Å². The Morgan fingerprint density at radius 1 is 1.20 bits per heavy atom. The highest BCUT2D eigenvalue weighted by atomic mass is 35.5. The molecular formula is C25H26ClFN4O4. The van der Waals surface area contributed by atoms with Crippen molar-refractivity contribution in [2.45, 2.75) is 37.9 Å². The Balaban J connectivity index is 1.32. The van der Waals surface area contributed by atoms with Gasteiger partial charge in [0.05, 0.1) is 23.3 Å². The number of aromatic nitrogens is 2. The van der Waals surface area contributed by atoms with Crippen LogP contribution in [0.2, 0.25) is 5.02 Å². The minimum Gasteiger partial charge on any atom is -0.493 e. The smallest absolute Gasteiger partial charge is 0.251 e. The number of carbonyl (C=O) groups is 1. The number of methoxy groups -OCH3 is 1. The highest BCUT2D eigenvalue weighted by Crippen LogP contribution is 2.37. The summed E-state index contributed by atoms with van der Waals surface area (Å²) >= 11 is 5.91. The maximum absolute atomic E-state index is 14.4. The van der Waals surface area contributed by atoms with Gasteiger partial charge in [-0.2, -0.15) is 0 Å². The molecule has 0 unspecified atom stereocenters. The van der Waals surface area contributed by atoms with Crippen LogP contribution in [0.4, 0.5) is 15.9 Å². The lowest BCUT2D eigenvalue weighted by atomic mass is 10.1. The molecule has 2 fully saturated rings. The topological polar surface area (TPSA) is 85.8 Å². The Morgan fingerprint density at radius 3 is 2.77 bits per heavy atom. The van der Waals surface area contributed by atoms with Crippen LogP contribution in [-0.2, 0) is 9.53 Å². The number of hydrogen-bond donors (Lipinski definition) is 1. The van der Waals surface area contributed by atoms with E-state index >= 15 is 0 Å². The average molecular weight is 501 g/mol. The first-order valence-corrected chi connectivity index (χ1v) is 12.0. The molecule has 8 nitrogen and oxygen atoms in total. The lowest BCUT2D eigenvalue weighted by molar-refractivity contribution is -0.142. The quantitative estimate of drug-likeness (QED) is 0.524. The highest BCUT2D eigenvalue weighted by molar-refractivity contribution is 6.31. The first-order chi connectivity index (χ1) is 17.0. The number of anilines is 2. The summed E-state index contributed by atoms with van der Waals surface area (Å²) < 4.78 is 31.8. The summed E-state index contributed by atoms with van der Waals surface area (Å²) in [5.41, 5.74) is 0.827. The van der Waals surface area contributed by atoms with Gasteiger partial charge in [0.15, 0.2) is 17.3 Å². The fraction of sp³-hybridized carbons (Fsp3) is 0.400. The van der Waals surface area contributed by atoms with Gasteiger partial charge in [-0.1, -0.05) is 17.7 Å². The van der Waals surface area contributed by atoms with E-state index in [1.54, 1.807) is 31.4 Å². The van der Waals surface area contributed by atoms with Crippen molar-refractivity contribution in [3.63, 3.8) is 0 Å². The van der Waals surface area contributed by atoms with Gasteiger partial charge in [0, 0.05) is 44.0 Å². The van der Waals surface area contributed by atoms with E-state index in [9.17, 15) is 9.18 Å². The van der Waals surface area contributed by atoms with Crippen LogP contribution in [0.15, 0.2) is 36.7 Å². The molecule has 1 aromatic heterocycles. The van der Waals surface area contributed by atoms with Crippen LogP contribution in [0.25, 0.3) is 10.9 Å². The zero-order valence-corrected chi connectivity index (χ0v) is 20.1. The molecule has 35 heavy (non-hydrogen) atoms. The summed E-state index contributed by atoms with van der Waals surface area (Å²) in [5.74, 6) is 1.01. The Labute approximate surface area is 207 Å². The number of fused-ring (bicyclic) bond motifs is 1. The third-order valence-electron chi connectivity index (χ3n) is 6.38. The fourth-order valence-electron chi connectivity index (χ4n) is 4.49. The number of piperidine rings is 1. The predicted molar refractivity (Wildman–Crippen MR) is 130 cm³/mol. The van der Waals surface area contributed by atoms with E-state index in [-0.39, 0.29) is 28.8 Å². The molecule has 1 N–H and O–H groups in total. The van der Waals surface area contributed by atoms with Gasteiger partial charge in [0.2, 0.25) is 0 Å². The van der Waals surface area contributed by atoms with Crippen LogP contribution in [0.5, 0.6) is 11.5 Å². The van der Waals surface area contributed by atoms with Crippen LogP contribution in [0, 0.1) is 5.82 Å². The number of likely N-dealkylation sites (tertiary alicyclic amines) is 1. The van der Waals surface area contributed by atoms with Crippen molar-refractivity contribution in [2.24, 2.45) is 0 Å². The maximum atomic E-state index is 14.4. The van der Waals surface area contributed by atoms with E-state index in [4.69, 9.17) is 25.8 Å². The lowest BCUT2D eigenvalue weighted by Crippen LogP contribution is -2.45. The first-order valence-electron chi connectivity index (χ1n) is 11.6. The van der Waals surface area contributed by atoms with Crippen molar-refractivity contribution in [1.29, 1.82) is 0 Å². The number of hydrogen-bond acceptors (Lipinski definition) is 7. The fourth-order valence-corrected chi connectivity index (χ4v) is 4.67. The molecule has 0 aliphatic carbocycles. The van der Waals surface area contributed by atoms with Crippen molar-refractivity contribution in [1.82, 2.24) is 14.9 Å². The Morgan fingerprint density at radius 2 is 2.03 bits per heavy atom. The summed E-state index contributed by atoms with van der Waals surface area (Å²) in [6.07, 6.45) is 4.21. The molecule has 5 rings (SSSR count). The predicted octanol–water partition coefficient (Wildman–Crippen LogP) is 4.72. The molecule has 0 spiro atoms. The third kappa shape index (κ3) is 4.97. The average Bonchev–Trinajstić information content (AvgIpc) is 3.42. The molecule has 2 aliphatic rings. The molecule has 0 saturated carbocycles. The molecule has 2 saturated heterocycles. The molecule has 2 aromatic carbocycles. The number of carbonyl (C=O) groups excluding carboxylic acids is 1. The number of ether oxygens (including phenoxy) is 3. The minimum atomic E-state index is -0.558. The molecule has 0 radical (unpaired) electrons. The van der Waals surface area contributed by atoms with Gasteiger partial charge in [0.25, 0.3) is 5.91 Å². The standard InChI is InChI=1S/C25H26ClFN4O4/c1-33-21-12-16-19(28-14-29-24(16)30-18-5-2-4-17(26)23(18)27)13-22(21)35-15-7-9-31(10-8-15)25(32)20-6-3-11-34-20/h2,4-5,12-15,20H,3,6-11H2,1H3,(H,28,29,30)/t20-/m1/s1. The second-order valence-electron chi connectivity index (χ2n) is 8.61. The summed E-state index contributed by atoms with van der Waals surface area (Å²) in [7, 11) is 1.56. The van der Waals surface area contributed by atoms with Gasteiger partial charge in [-0.05, 0) is 31.0 Å². The van der Waals surface area contributed by atoms with E-state index in [1.165, 1.54) is 12.4 Å². The van der Waals surface area contributed by atoms with Crippen molar-refractivity contribution in [3.8, 4) is 11.5 Å². The van der Waals surface area contributed by atoms with Crippen LogP contribution in [0.3, 0.4) is 0 Å². The largest absolute Gasteiger partial charge is 0.493 e. The van der Waals surface area contributed by atoms with Crippen molar-refractivity contribution >= 4 is 39.9 Å². The van der Waals surface area contributed by atoms with Gasteiger partial charge in [-0.25, -0.2) is 14.4 Å². The summed E-state index contributed by atoms with van der Waals surface area (Å²) in [5, 5.41) is 3.66. The summed E-state index contributed by atoms with van der Waals surface area (Å²) in [6.45, 7) is 1.91. The summed E-state index contributed by atoms with van der Waals surface area (Å²) in [6, 6.07) is 8.28. The van der Waals surface area contributed by atoms with E-state index < -0.39 is 5.82 Å². The number of amides is 1. The molecule has 3 aromatic rings. The van der Waals surface area contributed by atoms with E-state index in [0.717, 1.165) is 12.8 Å². The first kappa shape index (κ1) is 23.6. The molecule has 0 bridgehead atoms. The molecule has 184 valence electrons. The Bertz CT molecular complexity index is 1230. The molecule has 1 atom stereocenters. The zero-order valence-electron chi connectivity index (χ0n) is 19.3. The molecular weight excluding hydrogens is 475 g/mol. The molecule has 3 heterocycles. The van der Waals surface area contributed by atoms with Crippen LogP contribution in [-0.4, -0.2) is 59.8 Å². The Hall–Kier alpha value is -3.17. The third-order valence-corrected chi connectivity index (χ3v) is 6.67. The van der Waals surface area contributed by atoms with Gasteiger partial charge in [0.1, 0.15) is 24.4 Å². The number of nitrogens with zero attached hydrogens (tertiary/aromatic N) is 3. The van der Waals surface area contributed by atoms with Crippen LogP contribution < -0.4 is 14.8 Å². The number of halogens is 2. The van der Waals surface area contributed by atoms with Crippen LogP contribution >= 0.6 is 11.6 Å². The van der Waals surface area contributed by atoms with E-state index in [0.29, 0.717) is 60.8 Å². The van der Waals surface area contributed by atoms with E-state index in [1.807, 2.05) is 4.90 Å². The van der Waals surface area contributed by atoms with E-state index in [2.05, 4.69) is 15.3 Å². The van der Waals surface area contributed by atoms with Crippen molar-refractivity contribution in [2.75, 3.05) is 32.1 Å². The molecule has 1 amide bonds. The monoisotopic (exact) mass is 500 g/mol. The Kier molecular flexibility index (Phi) is 6.88. The maximum Gasteiger partial charge on any atom is 0.251 e. The second-order valence-corrected chi connectivity index (χ2v) is 9.02. The number of nitrogens with one attached hydrogen (secondary N) is 1. The molecule has 2 aliphatic heterocycles. The number of benzene rings is 2. The van der Waals surface area contributed by atoms with Crippen LogP contribution in [0.1, 0.15) is 25.7 Å². The number of rotatable bonds is 6. The van der Waals surface area contributed by atoms with Gasteiger partial charge >= 0.3 is 0 Å². The minimum absolute atomic E-state index is 0.0187. The highest BCUT2D eigenvalue weighted by Gasteiger charge is 2.31. The second kappa shape index (κ2) is 10.2. The van der Waals surface area contributed by atoms with Crippen molar-refractivity contribution < 1.29 is 23.4 Å². The van der Waals surface area contributed by atoms with Gasteiger partial charge in [-0.15, -0.1) is 0 Å². The summed E-state index contributed by atoms with van der Waals surface area (Å²) in [4.78, 5) is 23.1. The lowest BCUT2D eigenvalue weighted by Gasteiger charge is -2.33. The van der Waals surface area contributed by atoms with Gasteiger partial charge in [-0.3, -0.25) is 4.79 Å².